The summed E-state index contributed by atoms with van der Waals surface area (Å²) >= 11 is 6.29. The first-order chi connectivity index (χ1) is 13.5. The van der Waals surface area contributed by atoms with Crippen LogP contribution in [0, 0.1) is 12.7 Å². The average Bonchev–Trinajstić information content (AvgIpc) is 3.43. The zero-order valence-corrected chi connectivity index (χ0v) is 19.3. The summed E-state index contributed by atoms with van der Waals surface area (Å²) in [6, 6.07) is 3.74. The van der Waals surface area contributed by atoms with Gasteiger partial charge in [0.05, 0.1) is 23.1 Å². The Kier molecular flexibility index (Phi) is 5.95. The number of esters is 1. The summed E-state index contributed by atoms with van der Waals surface area (Å²) in [6.07, 6.45) is 1.04. The number of halogens is 2. The van der Waals surface area contributed by atoms with Crippen LogP contribution in [0.1, 0.15) is 24.0 Å². The van der Waals surface area contributed by atoms with E-state index in [0.717, 1.165) is 6.04 Å². The summed E-state index contributed by atoms with van der Waals surface area (Å²) in [7, 11) is 0.0260. The Hall–Kier alpha value is -1.70. The van der Waals surface area contributed by atoms with E-state index in [1.807, 2.05) is 0 Å². The fraction of sp³-hybridized carbons (Fsp3) is 0.524. The molecule has 0 atom stereocenters. The molecule has 2 aromatic rings. The Morgan fingerprint density at radius 2 is 1.97 bits per heavy atom. The molecule has 1 aliphatic carbocycles. The number of rotatable bonds is 7. The summed E-state index contributed by atoms with van der Waals surface area (Å²) in [5.74, 6) is -1.02. The summed E-state index contributed by atoms with van der Waals surface area (Å²) in [5.41, 5.74) is 0.0543. The minimum atomic E-state index is -1.28. The van der Waals surface area contributed by atoms with Crippen molar-refractivity contribution < 1.29 is 18.7 Å². The molecule has 1 fully saturated rings. The van der Waals surface area contributed by atoms with Crippen LogP contribution in [0.4, 0.5) is 4.39 Å². The molecule has 8 heteroatoms. The standard InChI is InChI=1S/C21H27ClFNO4Si/c1-13-16-15(7-6-14(23)18(16)22)24(12-28-10-11-29(3,4)5)19(25)17(13)21(8-9-21)20(26)27-2/h6-7H,8-12H2,1-5H3. The molecule has 158 valence electrons. The number of methoxy groups -OCH3 is 1. The van der Waals surface area contributed by atoms with Crippen LogP contribution < -0.4 is 5.56 Å². The van der Waals surface area contributed by atoms with Gasteiger partial charge in [0.1, 0.15) is 12.5 Å². The van der Waals surface area contributed by atoms with E-state index < -0.39 is 25.3 Å². The van der Waals surface area contributed by atoms with Crippen LogP contribution in [0.3, 0.4) is 0 Å². The highest BCUT2D eigenvalue weighted by Crippen LogP contribution is 2.50. The van der Waals surface area contributed by atoms with Crippen molar-refractivity contribution in [3.8, 4) is 0 Å². The highest BCUT2D eigenvalue weighted by molar-refractivity contribution is 6.76. The predicted molar refractivity (Wildman–Crippen MR) is 115 cm³/mol. The molecular formula is C21H27ClFNO4Si. The molecule has 0 radical (unpaired) electrons. The third-order valence-electron chi connectivity index (χ3n) is 5.59. The smallest absolute Gasteiger partial charge is 0.316 e. The molecule has 0 unspecified atom stereocenters. The minimum Gasteiger partial charge on any atom is -0.468 e. The number of pyridine rings is 1. The van der Waals surface area contributed by atoms with E-state index in [1.54, 1.807) is 6.92 Å². The van der Waals surface area contributed by atoms with Crippen molar-refractivity contribution in [2.45, 2.75) is 57.6 Å². The van der Waals surface area contributed by atoms with E-state index in [-0.39, 0.29) is 17.3 Å². The van der Waals surface area contributed by atoms with Crippen molar-refractivity contribution in [3.63, 3.8) is 0 Å². The third kappa shape index (κ3) is 4.00. The second-order valence-corrected chi connectivity index (χ2v) is 14.9. The number of ether oxygens (including phenoxy) is 2. The van der Waals surface area contributed by atoms with Crippen LogP contribution in [0.15, 0.2) is 16.9 Å². The van der Waals surface area contributed by atoms with Gasteiger partial charge in [-0.25, -0.2) is 4.39 Å². The van der Waals surface area contributed by atoms with E-state index >= 15 is 0 Å². The highest BCUT2D eigenvalue weighted by Gasteiger charge is 2.55. The number of aromatic nitrogens is 1. The molecule has 1 aromatic heterocycles. The number of benzene rings is 1. The van der Waals surface area contributed by atoms with E-state index in [0.29, 0.717) is 41.5 Å². The molecule has 0 aliphatic heterocycles. The Labute approximate surface area is 175 Å². The zero-order valence-electron chi connectivity index (χ0n) is 17.5. The second kappa shape index (κ2) is 7.85. The van der Waals surface area contributed by atoms with Crippen LogP contribution >= 0.6 is 11.6 Å². The van der Waals surface area contributed by atoms with Crippen LogP contribution in [0.5, 0.6) is 0 Å². The van der Waals surface area contributed by atoms with Gasteiger partial charge in [-0.05, 0) is 43.5 Å². The van der Waals surface area contributed by atoms with Gasteiger partial charge in [0.15, 0.2) is 0 Å². The van der Waals surface area contributed by atoms with Crippen LogP contribution in [-0.2, 0) is 26.4 Å². The maximum atomic E-state index is 14.2. The highest BCUT2D eigenvalue weighted by atomic mass is 35.5. The summed E-state index contributed by atoms with van der Waals surface area (Å²) in [6.45, 7) is 9.01. The van der Waals surface area contributed by atoms with Gasteiger partial charge in [0.2, 0.25) is 0 Å². The van der Waals surface area contributed by atoms with Crippen molar-refractivity contribution in [1.29, 1.82) is 0 Å². The molecular weight excluding hydrogens is 413 g/mol. The summed E-state index contributed by atoms with van der Waals surface area (Å²) in [4.78, 5) is 25.9. The third-order valence-corrected chi connectivity index (χ3v) is 7.67. The average molecular weight is 440 g/mol. The molecule has 0 saturated heterocycles. The van der Waals surface area contributed by atoms with Crippen LogP contribution in [-0.4, -0.2) is 32.3 Å². The molecule has 3 rings (SSSR count). The fourth-order valence-corrected chi connectivity index (χ4v) is 4.81. The molecule has 1 saturated carbocycles. The Balaban J connectivity index is 2.16. The lowest BCUT2D eigenvalue weighted by atomic mass is 9.90. The number of hydrogen-bond donors (Lipinski definition) is 0. The van der Waals surface area contributed by atoms with Gasteiger partial charge in [-0.2, -0.15) is 0 Å². The maximum absolute atomic E-state index is 14.2. The topological polar surface area (TPSA) is 57.5 Å². The molecule has 29 heavy (non-hydrogen) atoms. The first-order valence-electron chi connectivity index (χ1n) is 9.71. The SMILES string of the molecule is COC(=O)C1(c2c(C)c3c(Cl)c(F)ccc3n(COCC[Si](C)(C)C)c2=O)CC1. The van der Waals surface area contributed by atoms with Gasteiger partial charge in [0, 0.05) is 25.6 Å². The van der Waals surface area contributed by atoms with E-state index in [2.05, 4.69) is 19.6 Å². The van der Waals surface area contributed by atoms with Crippen molar-refractivity contribution in [3.05, 3.63) is 44.5 Å². The number of carbonyl (C=O) groups is 1. The number of carbonyl (C=O) groups excluding carboxylic acids is 1. The van der Waals surface area contributed by atoms with Crippen molar-refractivity contribution >= 4 is 36.5 Å². The first-order valence-corrected chi connectivity index (χ1v) is 13.8. The van der Waals surface area contributed by atoms with Gasteiger partial charge >= 0.3 is 5.97 Å². The second-order valence-electron chi connectivity index (χ2n) is 8.91. The van der Waals surface area contributed by atoms with Crippen molar-refractivity contribution in [2.75, 3.05) is 13.7 Å². The largest absolute Gasteiger partial charge is 0.468 e. The lowest BCUT2D eigenvalue weighted by Crippen LogP contribution is -2.35. The minimum absolute atomic E-state index is 0.0201. The van der Waals surface area contributed by atoms with E-state index in [1.165, 1.54) is 23.8 Å². The molecule has 1 aliphatic rings. The van der Waals surface area contributed by atoms with Crippen LogP contribution in [0.2, 0.25) is 30.7 Å². The summed E-state index contributed by atoms with van der Waals surface area (Å²) in [5, 5.41) is 0.378. The molecule has 1 heterocycles. The van der Waals surface area contributed by atoms with Gasteiger partial charge < -0.3 is 9.47 Å². The first kappa shape index (κ1) is 22.0. The number of hydrogen-bond acceptors (Lipinski definition) is 4. The molecule has 0 N–H and O–H groups in total. The van der Waals surface area contributed by atoms with Gasteiger partial charge in [-0.1, -0.05) is 31.2 Å². The Bertz CT molecular complexity index is 1020. The monoisotopic (exact) mass is 439 g/mol. The zero-order chi connectivity index (χ0) is 21.6. The van der Waals surface area contributed by atoms with Crippen LogP contribution in [0.25, 0.3) is 10.9 Å². The van der Waals surface area contributed by atoms with E-state index in [9.17, 15) is 14.0 Å². The lowest BCUT2D eigenvalue weighted by molar-refractivity contribution is -0.143. The van der Waals surface area contributed by atoms with Crippen molar-refractivity contribution in [1.82, 2.24) is 4.57 Å². The predicted octanol–water partition coefficient (Wildman–Crippen LogP) is 4.62. The quantitative estimate of drug-likeness (QED) is 0.359. The van der Waals surface area contributed by atoms with Gasteiger partial charge in [-0.15, -0.1) is 0 Å². The van der Waals surface area contributed by atoms with Gasteiger partial charge in [-0.3, -0.25) is 14.2 Å². The lowest BCUT2D eigenvalue weighted by Gasteiger charge is -2.22. The number of nitrogens with zero attached hydrogens (tertiary/aromatic N) is 1. The van der Waals surface area contributed by atoms with Gasteiger partial charge in [0.25, 0.3) is 5.56 Å². The molecule has 1 aromatic carbocycles. The maximum Gasteiger partial charge on any atom is 0.316 e. The normalized spacial score (nSPS) is 15.6. The Morgan fingerprint density at radius 3 is 2.52 bits per heavy atom. The fourth-order valence-electron chi connectivity index (χ4n) is 3.75. The molecule has 5 nitrogen and oxygen atoms in total. The molecule has 0 amide bonds. The summed E-state index contributed by atoms with van der Waals surface area (Å²) < 4.78 is 26.5. The number of fused-ring (bicyclic) bond motifs is 1. The molecule has 0 spiro atoms. The Morgan fingerprint density at radius 1 is 1.31 bits per heavy atom. The van der Waals surface area contributed by atoms with E-state index in [4.69, 9.17) is 21.1 Å². The molecule has 0 bridgehead atoms. The van der Waals surface area contributed by atoms with Crippen molar-refractivity contribution in [2.24, 2.45) is 0 Å². The number of aryl methyl sites for hydroxylation is 1.